The minimum absolute atomic E-state index is 1.05. The molecule has 0 amide bonds. The van der Waals surface area contributed by atoms with Crippen LogP contribution in [0.1, 0.15) is 0 Å². The molecule has 0 unspecified atom stereocenters. The Hall–Kier alpha value is -6.94. The molecule has 2 heterocycles. The lowest BCUT2D eigenvalue weighted by Crippen LogP contribution is -1.94. The van der Waals surface area contributed by atoms with Crippen LogP contribution in [0.25, 0.3) is 99.5 Å². The number of benzene rings is 9. The van der Waals surface area contributed by atoms with E-state index in [9.17, 15) is 0 Å². The fourth-order valence-corrected chi connectivity index (χ4v) is 9.19. The van der Waals surface area contributed by atoms with Crippen molar-refractivity contribution >= 4 is 59.5 Å². The Kier molecular flexibility index (Phi) is 8.01. The van der Waals surface area contributed by atoms with Gasteiger partial charge in [-0.1, -0.05) is 149 Å². The zero-order valence-corrected chi connectivity index (χ0v) is 32.6. The molecule has 0 bridgehead atoms. The normalized spacial score (nSPS) is 11.6. The maximum Gasteiger partial charge on any atom is 0.0541 e. The van der Waals surface area contributed by atoms with Crippen molar-refractivity contribution in [1.29, 1.82) is 0 Å². The number of rotatable bonds is 6. The predicted molar refractivity (Wildman–Crippen MR) is 245 cm³/mol. The number of para-hydroxylation sites is 2. The van der Waals surface area contributed by atoms with Gasteiger partial charge in [-0.25, -0.2) is 0 Å². The molecule has 2 aromatic heterocycles. The highest BCUT2D eigenvalue weighted by atomic mass is 79.9. The Morgan fingerprint density at radius 1 is 0.246 bits per heavy atom. The van der Waals surface area contributed by atoms with Crippen molar-refractivity contribution in [3.8, 4) is 55.9 Å². The van der Waals surface area contributed by atoms with Gasteiger partial charge >= 0.3 is 0 Å². The quantitative estimate of drug-likeness (QED) is 0.159. The van der Waals surface area contributed by atoms with Gasteiger partial charge < -0.3 is 9.13 Å². The van der Waals surface area contributed by atoms with Crippen LogP contribution in [0.15, 0.2) is 217 Å². The fraction of sp³-hybridized carbons (Fsp3) is 0. The zero-order valence-electron chi connectivity index (χ0n) is 31.0. The molecular weight excluding hydrogens is 757 g/mol. The first-order valence-electron chi connectivity index (χ1n) is 19.4. The number of halogens is 1. The highest BCUT2D eigenvalue weighted by Gasteiger charge is 2.17. The van der Waals surface area contributed by atoms with E-state index in [2.05, 4.69) is 237 Å². The summed E-state index contributed by atoms with van der Waals surface area (Å²) in [5.41, 5.74) is 16.6. The Labute approximate surface area is 339 Å². The summed E-state index contributed by atoms with van der Waals surface area (Å²) in [6, 6.07) is 77.1. The van der Waals surface area contributed by atoms with Crippen LogP contribution in [-0.4, -0.2) is 9.13 Å². The van der Waals surface area contributed by atoms with E-state index in [4.69, 9.17) is 0 Å². The van der Waals surface area contributed by atoms with Crippen LogP contribution in [0.2, 0.25) is 0 Å². The number of aromatic nitrogens is 2. The van der Waals surface area contributed by atoms with Crippen molar-refractivity contribution in [3.63, 3.8) is 0 Å². The van der Waals surface area contributed by atoms with E-state index in [1.807, 2.05) is 0 Å². The average Bonchev–Trinajstić information content (AvgIpc) is 3.79. The fourth-order valence-electron chi connectivity index (χ4n) is 8.69. The molecule has 0 saturated carbocycles. The van der Waals surface area contributed by atoms with E-state index in [0.29, 0.717) is 0 Å². The summed E-state index contributed by atoms with van der Waals surface area (Å²) in [6.07, 6.45) is 0. The van der Waals surface area contributed by atoms with Crippen LogP contribution in [0.4, 0.5) is 0 Å². The van der Waals surface area contributed by atoms with Crippen LogP contribution < -0.4 is 0 Å². The number of nitrogens with zero attached hydrogens (tertiary/aromatic N) is 2. The number of hydrogen-bond donors (Lipinski definition) is 0. The van der Waals surface area contributed by atoms with Gasteiger partial charge in [0.2, 0.25) is 0 Å². The molecule has 11 rings (SSSR count). The standard InChI is InChI=1S/C54H35BrN2/c55-44-30-42(40-25-27-53-49(34-40)47-21-7-9-23-51(47)56(53)45-19-11-17-38(32-45)36-13-3-1-4-14-36)29-43(31-44)41-26-28-54-50(35-41)48-22-8-10-24-52(48)57(54)46-20-12-18-39(33-46)37-15-5-2-6-16-37/h1-35H. The molecule has 0 aliphatic carbocycles. The van der Waals surface area contributed by atoms with Crippen molar-refractivity contribution in [2.24, 2.45) is 0 Å². The van der Waals surface area contributed by atoms with E-state index in [1.165, 1.54) is 88.1 Å². The topological polar surface area (TPSA) is 9.86 Å². The van der Waals surface area contributed by atoms with Gasteiger partial charge in [0.1, 0.15) is 0 Å². The first kappa shape index (κ1) is 33.4. The highest BCUT2D eigenvalue weighted by Crippen LogP contribution is 2.40. The number of hydrogen-bond acceptors (Lipinski definition) is 0. The summed E-state index contributed by atoms with van der Waals surface area (Å²) < 4.78 is 5.85. The number of fused-ring (bicyclic) bond motifs is 6. The maximum absolute atomic E-state index is 3.90. The van der Waals surface area contributed by atoms with E-state index in [1.54, 1.807) is 0 Å². The summed E-state index contributed by atoms with van der Waals surface area (Å²) in [5, 5.41) is 4.96. The second-order valence-corrected chi connectivity index (χ2v) is 15.6. The van der Waals surface area contributed by atoms with Gasteiger partial charge in [0.15, 0.2) is 0 Å². The van der Waals surface area contributed by atoms with Gasteiger partial charge in [0, 0.05) is 37.4 Å². The van der Waals surface area contributed by atoms with Crippen LogP contribution in [0, 0.1) is 0 Å². The molecule has 0 aliphatic rings. The van der Waals surface area contributed by atoms with E-state index in [-0.39, 0.29) is 0 Å². The molecule has 0 spiro atoms. The van der Waals surface area contributed by atoms with E-state index < -0.39 is 0 Å². The molecule has 0 fully saturated rings. The highest BCUT2D eigenvalue weighted by molar-refractivity contribution is 9.10. The zero-order chi connectivity index (χ0) is 37.9. The minimum Gasteiger partial charge on any atom is -0.309 e. The Bertz CT molecular complexity index is 3080. The molecule has 57 heavy (non-hydrogen) atoms. The van der Waals surface area contributed by atoms with Crippen molar-refractivity contribution in [1.82, 2.24) is 9.13 Å². The molecule has 2 nitrogen and oxygen atoms in total. The minimum atomic E-state index is 1.05. The van der Waals surface area contributed by atoms with Gasteiger partial charge in [-0.3, -0.25) is 0 Å². The molecule has 11 aromatic rings. The summed E-state index contributed by atoms with van der Waals surface area (Å²) in [7, 11) is 0. The third-order valence-corrected chi connectivity index (χ3v) is 11.8. The monoisotopic (exact) mass is 790 g/mol. The van der Waals surface area contributed by atoms with Gasteiger partial charge in [-0.15, -0.1) is 0 Å². The summed E-state index contributed by atoms with van der Waals surface area (Å²) in [6.45, 7) is 0. The predicted octanol–water partition coefficient (Wildman–Crippen LogP) is 15.3. The van der Waals surface area contributed by atoms with E-state index in [0.717, 1.165) is 15.8 Å². The molecule has 0 saturated heterocycles. The van der Waals surface area contributed by atoms with Crippen LogP contribution in [-0.2, 0) is 0 Å². The molecule has 0 aliphatic heterocycles. The smallest absolute Gasteiger partial charge is 0.0541 e. The van der Waals surface area contributed by atoms with Crippen molar-refractivity contribution < 1.29 is 0 Å². The second-order valence-electron chi connectivity index (χ2n) is 14.7. The molecule has 3 heteroatoms. The Morgan fingerprint density at radius 3 is 1.11 bits per heavy atom. The Balaban J connectivity index is 1.01. The van der Waals surface area contributed by atoms with Gasteiger partial charge in [0.25, 0.3) is 0 Å². The molecular formula is C54H35BrN2. The Morgan fingerprint density at radius 2 is 0.632 bits per heavy atom. The van der Waals surface area contributed by atoms with Crippen molar-refractivity contribution in [2.75, 3.05) is 0 Å². The SMILES string of the molecule is Brc1cc(-c2ccc3c(c2)c2ccccc2n3-c2cccc(-c3ccccc3)c2)cc(-c2ccc3c(c2)c2ccccc2n3-c2cccc(-c3ccccc3)c2)c1. The van der Waals surface area contributed by atoms with Crippen molar-refractivity contribution in [3.05, 3.63) is 217 Å². The first-order chi connectivity index (χ1) is 28.2. The summed E-state index contributed by atoms with van der Waals surface area (Å²) in [4.78, 5) is 0. The van der Waals surface area contributed by atoms with Crippen LogP contribution in [0.3, 0.4) is 0 Å². The second kappa shape index (κ2) is 13.7. The van der Waals surface area contributed by atoms with Gasteiger partial charge in [-0.2, -0.15) is 0 Å². The summed E-state index contributed by atoms with van der Waals surface area (Å²) in [5.74, 6) is 0. The largest absolute Gasteiger partial charge is 0.309 e. The molecule has 0 N–H and O–H groups in total. The average molecular weight is 792 g/mol. The van der Waals surface area contributed by atoms with Crippen LogP contribution in [0.5, 0.6) is 0 Å². The molecule has 0 radical (unpaired) electrons. The third kappa shape index (κ3) is 5.78. The molecule has 268 valence electrons. The third-order valence-electron chi connectivity index (χ3n) is 11.3. The van der Waals surface area contributed by atoms with Gasteiger partial charge in [0.05, 0.1) is 22.1 Å². The molecule has 0 atom stereocenters. The van der Waals surface area contributed by atoms with Crippen molar-refractivity contribution in [2.45, 2.75) is 0 Å². The van der Waals surface area contributed by atoms with Gasteiger partial charge in [-0.05, 0) is 123 Å². The first-order valence-corrected chi connectivity index (χ1v) is 20.2. The molecule has 9 aromatic carbocycles. The lowest BCUT2D eigenvalue weighted by atomic mass is 9.97. The van der Waals surface area contributed by atoms with E-state index >= 15 is 0 Å². The summed E-state index contributed by atoms with van der Waals surface area (Å²) >= 11 is 3.90. The lowest BCUT2D eigenvalue weighted by molar-refractivity contribution is 1.18. The van der Waals surface area contributed by atoms with Crippen LogP contribution >= 0.6 is 15.9 Å². The maximum atomic E-state index is 3.90. The lowest BCUT2D eigenvalue weighted by Gasteiger charge is -2.12.